The molecule has 0 amide bonds. The summed E-state index contributed by atoms with van der Waals surface area (Å²) < 4.78 is 10.3. The van der Waals surface area contributed by atoms with Crippen molar-refractivity contribution in [1.29, 1.82) is 0 Å². The Hall–Kier alpha value is -0.340. The zero-order chi connectivity index (χ0) is 11.5. The molecule has 0 aromatic rings. The molecule has 0 bridgehead atoms. The minimum Gasteiger partial charge on any atom is -0.352 e. The average Bonchev–Trinajstić information content (AvgIpc) is 2.25. The van der Waals surface area contributed by atoms with Gasteiger partial charge < -0.3 is 9.47 Å². The maximum atomic E-state index is 5.17. The topological polar surface area (TPSA) is 18.5 Å². The van der Waals surface area contributed by atoms with Crippen LogP contribution in [-0.2, 0) is 9.47 Å². The Kier molecular flexibility index (Phi) is 9.96. The summed E-state index contributed by atoms with van der Waals surface area (Å²) in [6, 6.07) is 0. The summed E-state index contributed by atoms with van der Waals surface area (Å²) in [6.45, 7) is 4.30. The van der Waals surface area contributed by atoms with E-state index in [-0.39, 0.29) is 6.29 Å². The van der Waals surface area contributed by atoms with E-state index in [1.807, 2.05) is 0 Å². The van der Waals surface area contributed by atoms with E-state index in [4.69, 9.17) is 9.47 Å². The minimum absolute atomic E-state index is 0.166. The van der Waals surface area contributed by atoms with E-state index in [9.17, 15) is 0 Å². The van der Waals surface area contributed by atoms with Gasteiger partial charge in [0.15, 0.2) is 6.29 Å². The maximum absolute atomic E-state index is 5.17. The van der Waals surface area contributed by atoms with Crippen molar-refractivity contribution in [2.45, 2.75) is 58.7 Å². The highest BCUT2D eigenvalue weighted by molar-refractivity contribution is 5.01. The summed E-state index contributed by atoms with van der Waals surface area (Å²) >= 11 is 0. The van der Waals surface area contributed by atoms with Crippen LogP contribution in [0.2, 0.25) is 0 Å². The maximum Gasteiger partial charge on any atom is 0.178 e. The number of hydrogen-bond donors (Lipinski definition) is 0. The third kappa shape index (κ3) is 7.57. The van der Waals surface area contributed by atoms with Crippen LogP contribution in [0.1, 0.15) is 52.4 Å². The third-order valence-corrected chi connectivity index (χ3v) is 2.57. The van der Waals surface area contributed by atoms with Crippen LogP contribution >= 0.6 is 0 Å². The molecule has 0 fully saturated rings. The van der Waals surface area contributed by atoms with Gasteiger partial charge in [-0.25, -0.2) is 0 Å². The molecule has 0 saturated carbocycles. The molecule has 0 aliphatic heterocycles. The number of unbranched alkanes of at least 4 members (excludes halogenated alkanes) is 5. The highest BCUT2D eigenvalue weighted by atomic mass is 16.7. The second-order valence-corrected chi connectivity index (χ2v) is 3.95. The van der Waals surface area contributed by atoms with Crippen molar-refractivity contribution in [1.82, 2.24) is 0 Å². The van der Waals surface area contributed by atoms with Crippen molar-refractivity contribution >= 4 is 0 Å². The van der Waals surface area contributed by atoms with Crippen LogP contribution in [-0.4, -0.2) is 20.5 Å². The molecule has 0 rings (SSSR count). The van der Waals surface area contributed by atoms with E-state index in [0.717, 1.165) is 6.42 Å². The highest BCUT2D eigenvalue weighted by Gasteiger charge is 2.05. The Bertz CT molecular complexity index is 160. The molecule has 0 aromatic heterocycles. The van der Waals surface area contributed by atoms with Gasteiger partial charge in [-0.15, -0.1) is 0 Å². The zero-order valence-electron chi connectivity index (χ0n) is 10.7. The lowest BCUT2D eigenvalue weighted by molar-refractivity contribution is -0.0748. The van der Waals surface area contributed by atoms with Gasteiger partial charge in [-0.3, -0.25) is 0 Å². The summed E-state index contributed by atoms with van der Waals surface area (Å²) in [5.41, 5.74) is 1.18. The van der Waals surface area contributed by atoms with E-state index in [1.54, 1.807) is 14.2 Å². The first-order valence-electron chi connectivity index (χ1n) is 5.98. The van der Waals surface area contributed by atoms with Crippen molar-refractivity contribution in [3.8, 4) is 0 Å². The lowest BCUT2D eigenvalue weighted by Gasteiger charge is -2.13. The van der Waals surface area contributed by atoms with Gasteiger partial charge in [0, 0.05) is 14.2 Å². The predicted molar refractivity (Wildman–Crippen MR) is 64.9 cm³/mol. The van der Waals surface area contributed by atoms with E-state index < -0.39 is 0 Å². The molecule has 0 saturated heterocycles. The van der Waals surface area contributed by atoms with Crippen molar-refractivity contribution in [2.24, 2.45) is 0 Å². The first-order valence-corrected chi connectivity index (χ1v) is 5.98. The van der Waals surface area contributed by atoms with Crippen LogP contribution in [0, 0.1) is 0 Å². The Labute approximate surface area is 94.7 Å². The predicted octanol–water partition coefficient (Wildman–Crippen LogP) is 3.91. The molecule has 2 nitrogen and oxygen atoms in total. The summed E-state index contributed by atoms with van der Waals surface area (Å²) in [4.78, 5) is 0. The summed E-state index contributed by atoms with van der Waals surface area (Å²) in [5.74, 6) is 0. The van der Waals surface area contributed by atoms with Gasteiger partial charge in [-0.1, -0.05) is 38.7 Å². The molecule has 90 valence electrons. The molecule has 0 spiro atoms. The van der Waals surface area contributed by atoms with Crippen molar-refractivity contribution < 1.29 is 9.47 Å². The zero-order valence-corrected chi connectivity index (χ0v) is 10.7. The molecule has 0 unspecified atom stereocenters. The van der Waals surface area contributed by atoms with Crippen LogP contribution in [0.4, 0.5) is 0 Å². The average molecular weight is 214 g/mol. The first-order chi connectivity index (χ1) is 7.26. The lowest BCUT2D eigenvalue weighted by Crippen LogP contribution is -2.14. The monoisotopic (exact) mass is 214 g/mol. The van der Waals surface area contributed by atoms with Gasteiger partial charge in [0.05, 0.1) is 0 Å². The second-order valence-electron chi connectivity index (χ2n) is 3.95. The highest BCUT2D eigenvalue weighted by Crippen LogP contribution is 2.10. The fourth-order valence-corrected chi connectivity index (χ4v) is 1.64. The largest absolute Gasteiger partial charge is 0.352 e. The molecule has 0 aliphatic rings. The Morgan fingerprint density at radius 1 is 1.07 bits per heavy atom. The number of ether oxygens (including phenoxy) is 2. The van der Waals surface area contributed by atoms with Crippen LogP contribution < -0.4 is 0 Å². The minimum atomic E-state index is -0.166. The second kappa shape index (κ2) is 10.2. The summed E-state index contributed by atoms with van der Waals surface area (Å²) in [7, 11) is 3.35. The fraction of sp³-hybridized carbons (Fsp3) is 0.846. The molecule has 2 heteroatoms. The van der Waals surface area contributed by atoms with E-state index in [0.29, 0.717) is 0 Å². The number of methoxy groups -OCH3 is 2. The third-order valence-electron chi connectivity index (χ3n) is 2.57. The van der Waals surface area contributed by atoms with Crippen molar-refractivity contribution in [2.75, 3.05) is 14.2 Å². The van der Waals surface area contributed by atoms with E-state index in [2.05, 4.69) is 19.9 Å². The summed E-state index contributed by atoms with van der Waals surface area (Å²) in [5, 5.41) is 0. The van der Waals surface area contributed by atoms with Gasteiger partial charge in [-0.2, -0.15) is 0 Å². The molecule has 0 heterocycles. The van der Waals surface area contributed by atoms with Crippen LogP contribution in [0.15, 0.2) is 11.6 Å². The van der Waals surface area contributed by atoms with E-state index >= 15 is 0 Å². The Balaban J connectivity index is 3.57. The van der Waals surface area contributed by atoms with Crippen LogP contribution in [0.5, 0.6) is 0 Å². The van der Waals surface area contributed by atoms with Crippen molar-refractivity contribution in [3.63, 3.8) is 0 Å². The molecular formula is C13H26O2. The normalized spacial score (nSPS) is 12.5. The smallest absolute Gasteiger partial charge is 0.178 e. The first kappa shape index (κ1) is 14.7. The molecule has 0 N–H and O–H groups in total. The van der Waals surface area contributed by atoms with Gasteiger partial charge in [0.1, 0.15) is 0 Å². The molecule has 0 aliphatic carbocycles. The Morgan fingerprint density at radius 3 is 2.20 bits per heavy atom. The van der Waals surface area contributed by atoms with Crippen LogP contribution in [0.25, 0.3) is 0 Å². The van der Waals surface area contributed by atoms with Crippen molar-refractivity contribution in [3.05, 3.63) is 11.6 Å². The lowest BCUT2D eigenvalue weighted by atomic mass is 10.1. The van der Waals surface area contributed by atoms with Gasteiger partial charge >= 0.3 is 0 Å². The number of allylic oxidation sites excluding steroid dienone is 1. The Morgan fingerprint density at radius 2 is 1.67 bits per heavy atom. The van der Waals surface area contributed by atoms with E-state index in [1.165, 1.54) is 37.7 Å². The van der Waals surface area contributed by atoms with Crippen LogP contribution in [0.3, 0.4) is 0 Å². The molecule has 0 aromatic carbocycles. The molecule has 0 atom stereocenters. The van der Waals surface area contributed by atoms with Gasteiger partial charge in [-0.05, 0) is 25.3 Å². The quantitative estimate of drug-likeness (QED) is 0.329. The van der Waals surface area contributed by atoms with Gasteiger partial charge in [0.2, 0.25) is 0 Å². The molecule has 15 heavy (non-hydrogen) atoms. The number of hydrogen-bond acceptors (Lipinski definition) is 2. The SMILES string of the molecule is CCCCCCC/C=C(\C)C(OC)OC. The molecule has 0 radical (unpaired) electrons. The summed E-state index contributed by atoms with van der Waals surface area (Å²) in [6.07, 6.45) is 9.84. The fourth-order valence-electron chi connectivity index (χ4n) is 1.64. The standard InChI is InChI=1S/C13H26O2/c1-5-6-7-8-9-10-11-12(2)13(14-3)15-4/h11,13H,5-10H2,1-4H3/b12-11+. The molecular weight excluding hydrogens is 188 g/mol. The number of rotatable bonds is 9. The van der Waals surface area contributed by atoms with Gasteiger partial charge in [0.25, 0.3) is 0 Å².